The van der Waals surface area contributed by atoms with Gasteiger partial charge in [0.1, 0.15) is 5.82 Å². The molecule has 0 atom stereocenters. The van der Waals surface area contributed by atoms with Gasteiger partial charge in [0.2, 0.25) is 0 Å². The largest absolute Gasteiger partial charge is 0.334 e. The Balaban J connectivity index is 1.72. The normalized spacial score (nSPS) is 11.4. The molecule has 0 fully saturated rings. The van der Waals surface area contributed by atoms with Crippen LogP contribution in [0.5, 0.6) is 0 Å². The molecular formula is C24H22N4O. The van der Waals surface area contributed by atoms with Gasteiger partial charge in [-0.2, -0.15) is 0 Å². The molecule has 3 heterocycles. The van der Waals surface area contributed by atoms with Crippen molar-refractivity contribution in [3.63, 3.8) is 0 Å². The molecule has 0 aliphatic rings. The molecule has 0 amide bonds. The van der Waals surface area contributed by atoms with Gasteiger partial charge in [-0.1, -0.05) is 48.6 Å². The van der Waals surface area contributed by atoms with Gasteiger partial charge in [0, 0.05) is 37.4 Å². The molecule has 0 saturated carbocycles. The topological polar surface area (TPSA) is 52.7 Å². The average Bonchev–Trinajstić information content (AvgIpc) is 3.08. The number of fused-ring (bicyclic) bond motifs is 1. The number of aromatic nitrogens is 4. The average molecular weight is 382 g/mol. The fraction of sp³-hybridized carbons (Fsp3) is 0.125. The SMILES string of the molecule is C=C(C)/C=C\c1nc(Cn2ccc3c(-c4ccccc4)cncc3c2=O)cn1C. The number of rotatable bonds is 5. The fourth-order valence-corrected chi connectivity index (χ4v) is 3.35. The van der Waals surface area contributed by atoms with Gasteiger partial charge < -0.3 is 9.13 Å². The van der Waals surface area contributed by atoms with Gasteiger partial charge in [-0.05, 0) is 30.0 Å². The zero-order valence-electron chi connectivity index (χ0n) is 16.5. The van der Waals surface area contributed by atoms with Crippen LogP contribution in [-0.2, 0) is 13.6 Å². The Morgan fingerprint density at radius 2 is 1.93 bits per heavy atom. The molecule has 0 bridgehead atoms. The third kappa shape index (κ3) is 3.80. The predicted molar refractivity (Wildman–Crippen MR) is 118 cm³/mol. The van der Waals surface area contributed by atoms with E-state index in [0.717, 1.165) is 33.6 Å². The number of pyridine rings is 2. The van der Waals surface area contributed by atoms with E-state index in [9.17, 15) is 4.79 Å². The molecular weight excluding hydrogens is 360 g/mol. The van der Waals surface area contributed by atoms with E-state index in [-0.39, 0.29) is 5.56 Å². The first-order valence-electron chi connectivity index (χ1n) is 9.41. The summed E-state index contributed by atoms with van der Waals surface area (Å²) in [7, 11) is 1.94. The van der Waals surface area contributed by atoms with Crippen molar-refractivity contribution in [1.82, 2.24) is 19.1 Å². The summed E-state index contributed by atoms with van der Waals surface area (Å²) in [6.07, 6.45) is 11.1. The van der Waals surface area contributed by atoms with Crippen LogP contribution in [0.3, 0.4) is 0 Å². The van der Waals surface area contributed by atoms with Crippen LogP contribution in [0.4, 0.5) is 0 Å². The highest BCUT2D eigenvalue weighted by Gasteiger charge is 2.10. The van der Waals surface area contributed by atoms with Crippen LogP contribution >= 0.6 is 0 Å². The molecule has 3 aromatic heterocycles. The number of hydrogen-bond donors (Lipinski definition) is 0. The summed E-state index contributed by atoms with van der Waals surface area (Å²) in [5.41, 5.74) is 3.71. The molecule has 4 aromatic rings. The Morgan fingerprint density at radius 1 is 1.14 bits per heavy atom. The van der Waals surface area contributed by atoms with Crippen LogP contribution in [0.25, 0.3) is 28.0 Å². The van der Waals surface area contributed by atoms with Crippen molar-refractivity contribution >= 4 is 16.8 Å². The van der Waals surface area contributed by atoms with E-state index in [1.165, 1.54) is 0 Å². The van der Waals surface area contributed by atoms with Gasteiger partial charge in [0.25, 0.3) is 5.56 Å². The highest BCUT2D eigenvalue weighted by atomic mass is 16.1. The maximum atomic E-state index is 13.1. The van der Waals surface area contributed by atoms with E-state index < -0.39 is 0 Å². The summed E-state index contributed by atoms with van der Waals surface area (Å²) < 4.78 is 3.61. The summed E-state index contributed by atoms with van der Waals surface area (Å²) in [5.74, 6) is 0.824. The number of imidazole rings is 1. The molecule has 0 unspecified atom stereocenters. The molecule has 29 heavy (non-hydrogen) atoms. The first-order chi connectivity index (χ1) is 14.0. The summed E-state index contributed by atoms with van der Waals surface area (Å²) in [6.45, 7) is 6.21. The Labute approximate surface area is 169 Å². The highest BCUT2D eigenvalue weighted by Crippen LogP contribution is 2.25. The summed E-state index contributed by atoms with van der Waals surface area (Å²) in [4.78, 5) is 22.0. The Kier molecular flexibility index (Phi) is 4.96. The third-order valence-electron chi connectivity index (χ3n) is 4.80. The fourth-order valence-electron chi connectivity index (χ4n) is 3.35. The molecule has 5 heteroatoms. The van der Waals surface area contributed by atoms with Crippen molar-refractivity contribution in [3.05, 3.63) is 101 Å². The van der Waals surface area contributed by atoms with Crippen molar-refractivity contribution in [2.75, 3.05) is 0 Å². The van der Waals surface area contributed by atoms with Gasteiger partial charge in [-0.15, -0.1) is 0 Å². The zero-order chi connectivity index (χ0) is 20.4. The Morgan fingerprint density at radius 3 is 2.69 bits per heavy atom. The van der Waals surface area contributed by atoms with Gasteiger partial charge in [0.05, 0.1) is 17.6 Å². The monoisotopic (exact) mass is 382 g/mol. The maximum Gasteiger partial charge on any atom is 0.260 e. The summed E-state index contributed by atoms with van der Waals surface area (Å²) in [6, 6.07) is 12.0. The Hall–Kier alpha value is -3.73. The predicted octanol–water partition coefficient (Wildman–Crippen LogP) is 4.43. The number of nitrogens with zero attached hydrogens (tertiary/aromatic N) is 4. The number of aryl methyl sites for hydroxylation is 1. The van der Waals surface area contributed by atoms with Crippen molar-refractivity contribution in [2.24, 2.45) is 7.05 Å². The molecule has 0 aliphatic carbocycles. The number of allylic oxidation sites excluding steroid dienone is 2. The van der Waals surface area contributed by atoms with Gasteiger partial charge in [-0.3, -0.25) is 9.78 Å². The molecule has 0 spiro atoms. The van der Waals surface area contributed by atoms with Crippen LogP contribution < -0.4 is 5.56 Å². The molecule has 1 aromatic carbocycles. The lowest BCUT2D eigenvalue weighted by molar-refractivity contribution is 0.750. The van der Waals surface area contributed by atoms with Crippen molar-refractivity contribution < 1.29 is 0 Å². The highest BCUT2D eigenvalue weighted by molar-refractivity contribution is 5.95. The number of hydrogen-bond acceptors (Lipinski definition) is 3. The van der Waals surface area contributed by atoms with E-state index in [2.05, 4.69) is 16.5 Å². The van der Waals surface area contributed by atoms with Gasteiger partial charge in [-0.25, -0.2) is 4.98 Å². The molecule has 5 nitrogen and oxygen atoms in total. The quantitative estimate of drug-likeness (QED) is 0.480. The minimum Gasteiger partial charge on any atom is -0.334 e. The molecule has 0 aliphatic heterocycles. The molecule has 0 radical (unpaired) electrons. The van der Waals surface area contributed by atoms with Crippen molar-refractivity contribution in [3.8, 4) is 11.1 Å². The van der Waals surface area contributed by atoms with Gasteiger partial charge in [0.15, 0.2) is 0 Å². The van der Waals surface area contributed by atoms with E-state index >= 15 is 0 Å². The lowest BCUT2D eigenvalue weighted by atomic mass is 10.0. The van der Waals surface area contributed by atoms with E-state index in [0.29, 0.717) is 11.9 Å². The van der Waals surface area contributed by atoms with Crippen LogP contribution in [-0.4, -0.2) is 19.1 Å². The standard InChI is InChI=1S/C24H22N4O/c1-17(2)9-10-23-26-19(15-27(23)3)16-28-12-11-20-21(18-7-5-4-6-8-18)13-25-14-22(20)24(28)29/h4-15H,1,16H2,2-3H3/b10-9-. The van der Waals surface area contributed by atoms with Crippen molar-refractivity contribution in [2.45, 2.75) is 13.5 Å². The molecule has 4 rings (SSSR count). The molecule has 0 saturated heterocycles. The van der Waals surface area contributed by atoms with E-state index in [1.54, 1.807) is 17.0 Å². The van der Waals surface area contributed by atoms with E-state index in [1.807, 2.05) is 79.5 Å². The molecule has 144 valence electrons. The van der Waals surface area contributed by atoms with Crippen molar-refractivity contribution in [1.29, 1.82) is 0 Å². The summed E-state index contributed by atoms with van der Waals surface area (Å²) >= 11 is 0. The minimum absolute atomic E-state index is 0.0718. The van der Waals surface area contributed by atoms with Crippen LogP contribution in [0.2, 0.25) is 0 Å². The lowest BCUT2D eigenvalue weighted by Gasteiger charge is -2.09. The second-order valence-electron chi connectivity index (χ2n) is 7.14. The minimum atomic E-state index is -0.0718. The van der Waals surface area contributed by atoms with E-state index in [4.69, 9.17) is 0 Å². The maximum absolute atomic E-state index is 13.1. The second-order valence-corrected chi connectivity index (χ2v) is 7.14. The van der Waals surface area contributed by atoms with Crippen LogP contribution in [0, 0.1) is 0 Å². The Bertz CT molecular complexity index is 1280. The third-order valence-corrected chi connectivity index (χ3v) is 4.80. The van der Waals surface area contributed by atoms with Gasteiger partial charge >= 0.3 is 0 Å². The number of benzene rings is 1. The zero-order valence-corrected chi connectivity index (χ0v) is 16.5. The smallest absolute Gasteiger partial charge is 0.260 e. The van der Waals surface area contributed by atoms with Crippen LogP contribution in [0.15, 0.2) is 84.2 Å². The molecule has 0 N–H and O–H groups in total. The summed E-state index contributed by atoms with van der Waals surface area (Å²) in [5, 5.41) is 1.51. The second kappa shape index (κ2) is 7.72. The van der Waals surface area contributed by atoms with Crippen LogP contribution in [0.1, 0.15) is 18.4 Å². The first kappa shape index (κ1) is 18.6. The first-order valence-corrected chi connectivity index (χ1v) is 9.41. The lowest BCUT2D eigenvalue weighted by Crippen LogP contribution is -2.20.